The molecule has 0 unspecified atom stereocenters. The van der Waals surface area contributed by atoms with Crippen molar-refractivity contribution in [1.29, 1.82) is 0 Å². The summed E-state index contributed by atoms with van der Waals surface area (Å²) in [7, 11) is 1.65. The Bertz CT molecular complexity index is 804. The molecule has 3 rings (SSSR count). The number of furan rings is 1. The van der Waals surface area contributed by atoms with Crippen LogP contribution in [0.1, 0.15) is 11.3 Å². The standard InChI is InChI=1S/C20H20N2O2S/c1-23-18-10-5-9-17(13-18)21-20(25)22(15-19-11-6-12-24-19)14-16-7-3-2-4-8-16/h2-13H,14-15H2,1H3,(H,21,25). The fraction of sp³-hybridized carbons (Fsp3) is 0.150. The molecule has 0 bridgehead atoms. The van der Waals surface area contributed by atoms with Gasteiger partial charge in [0.1, 0.15) is 11.5 Å². The van der Waals surface area contributed by atoms with Gasteiger partial charge in [0, 0.05) is 18.3 Å². The summed E-state index contributed by atoms with van der Waals surface area (Å²) in [6.45, 7) is 1.29. The van der Waals surface area contributed by atoms with Gasteiger partial charge in [0.25, 0.3) is 0 Å². The second-order valence-corrected chi connectivity index (χ2v) is 5.97. The maximum absolute atomic E-state index is 5.64. The summed E-state index contributed by atoms with van der Waals surface area (Å²) < 4.78 is 10.8. The topological polar surface area (TPSA) is 37.6 Å². The molecule has 0 radical (unpaired) electrons. The third-order valence-corrected chi connectivity index (χ3v) is 4.11. The molecule has 128 valence electrons. The van der Waals surface area contributed by atoms with Crippen LogP contribution in [-0.4, -0.2) is 17.1 Å². The molecule has 1 aromatic heterocycles. The molecule has 0 amide bonds. The van der Waals surface area contributed by atoms with Gasteiger partial charge in [0.05, 0.1) is 19.9 Å². The maximum atomic E-state index is 5.64. The molecule has 1 N–H and O–H groups in total. The molecule has 4 nitrogen and oxygen atoms in total. The van der Waals surface area contributed by atoms with E-state index < -0.39 is 0 Å². The highest BCUT2D eigenvalue weighted by Crippen LogP contribution is 2.18. The Hall–Kier alpha value is -2.79. The number of anilines is 1. The van der Waals surface area contributed by atoms with Gasteiger partial charge in [-0.15, -0.1) is 0 Å². The van der Waals surface area contributed by atoms with Crippen LogP contribution in [0.3, 0.4) is 0 Å². The average Bonchev–Trinajstić information content (AvgIpc) is 3.15. The summed E-state index contributed by atoms with van der Waals surface area (Å²) in [6.07, 6.45) is 1.68. The number of nitrogens with one attached hydrogen (secondary N) is 1. The smallest absolute Gasteiger partial charge is 0.174 e. The lowest BCUT2D eigenvalue weighted by Crippen LogP contribution is -2.33. The van der Waals surface area contributed by atoms with Gasteiger partial charge in [-0.25, -0.2) is 0 Å². The Balaban J connectivity index is 1.76. The first-order valence-electron chi connectivity index (χ1n) is 8.01. The van der Waals surface area contributed by atoms with Crippen molar-refractivity contribution in [2.45, 2.75) is 13.1 Å². The van der Waals surface area contributed by atoms with Crippen molar-refractivity contribution in [2.75, 3.05) is 12.4 Å². The van der Waals surface area contributed by atoms with Crippen molar-refractivity contribution in [1.82, 2.24) is 4.90 Å². The first-order valence-corrected chi connectivity index (χ1v) is 8.42. The minimum atomic E-state index is 0.595. The van der Waals surface area contributed by atoms with Crippen LogP contribution in [0.25, 0.3) is 0 Å². The van der Waals surface area contributed by atoms with Crippen molar-refractivity contribution in [2.24, 2.45) is 0 Å². The Labute approximate surface area is 153 Å². The van der Waals surface area contributed by atoms with Gasteiger partial charge in [0.2, 0.25) is 0 Å². The van der Waals surface area contributed by atoms with Crippen LogP contribution in [0.4, 0.5) is 5.69 Å². The molecule has 2 aromatic carbocycles. The number of rotatable bonds is 6. The van der Waals surface area contributed by atoms with Gasteiger partial charge in [-0.1, -0.05) is 36.4 Å². The van der Waals surface area contributed by atoms with Crippen molar-refractivity contribution in [3.63, 3.8) is 0 Å². The summed E-state index contributed by atoms with van der Waals surface area (Å²) in [5.41, 5.74) is 2.07. The first kappa shape index (κ1) is 17.0. The van der Waals surface area contributed by atoms with Crippen LogP contribution in [0.2, 0.25) is 0 Å². The van der Waals surface area contributed by atoms with Crippen LogP contribution >= 0.6 is 12.2 Å². The van der Waals surface area contributed by atoms with Gasteiger partial charge in [-0.2, -0.15) is 0 Å². The number of benzene rings is 2. The van der Waals surface area contributed by atoms with Gasteiger partial charge in [-0.05, 0) is 42.0 Å². The zero-order valence-electron chi connectivity index (χ0n) is 14.0. The van der Waals surface area contributed by atoms with Gasteiger partial charge >= 0.3 is 0 Å². The van der Waals surface area contributed by atoms with Crippen LogP contribution in [0.15, 0.2) is 77.4 Å². The van der Waals surface area contributed by atoms with E-state index in [0.717, 1.165) is 17.2 Å². The predicted molar refractivity (Wildman–Crippen MR) is 104 cm³/mol. The maximum Gasteiger partial charge on any atom is 0.174 e. The van der Waals surface area contributed by atoms with Crippen molar-refractivity contribution < 1.29 is 9.15 Å². The second kappa shape index (κ2) is 8.35. The third-order valence-electron chi connectivity index (χ3n) is 3.75. The molecule has 1 heterocycles. The van der Waals surface area contributed by atoms with E-state index in [4.69, 9.17) is 21.4 Å². The highest BCUT2D eigenvalue weighted by atomic mass is 32.1. The normalized spacial score (nSPS) is 10.3. The molecule has 3 aromatic rings. The van der Waals surface area contributed by atoms with Gasteiger partial charge in [0.15, 0.2) is 5.11 Å². The summed E-state index contributed by atoms with van der Waals surface area (Å²) in [5.74, 6) is 1.65. The van der Waals surface area contributed by atoms with E-state index in [1.807, 2.05) is 54.6 Å². The Morgan fingerprint density at radius 1 is 1.04 bits per heavy atom. The van der Waals surface area contributed by atoms with Crippen LogP contribution in [0, 0.1) is 0 Å². The molecule has 0 saturated carbocycles. The van der Waals surface area contributed by atoms with E-state index in [1.165, 1.54) is 5.56 Å². The van der Waals surface area contributed by atoms with E-state index in [1.54, 1.807) is 13.4 Å². The summed E-state index contributed by atoms with van der Waals surface area (Å²) in [6, 6.07) is 21.8. The number of nitrogens with zero attached hydrogens (tertiary/aromatic N) is 1. The highest BCUT2D eigenvalue weighted by molar-refractivity contribution is 7.80. The number of methoxy groups -OCH3 is 1. The quantitative estimate of drug-likeness (QED) is 0.652. The van der Waals surface area contributed by atoms with Crippen LogP contribution in [-0.2, 0) is 13.1 Å². The lowest BCUT2D eigenvalue weighted by Gasteiger charge is -2.25. The average molecular weight is 352 g/mol. The Kier molecular flexibility index (Phi) is 5.69. The highest BCUT2D eigenvalue weighted by Gasteiger charge is 2.13. The fourth-order valence-electron chi connectivity index (χ4n) is 2.50. The van der Waals surface area contributed by atoms with E-state index in [0.29, 0.717) is 18.2 Å². The number of ether oxygens (including phenoxy) is 1. The molecule has 0 spiro atoms. The van der Waals surface area contributed by atoms with E-state index in [9.17, 15) is 0 Å². The molecule has 0 aliphatic rings. The number of hydrogen-bond donors (Lipinski definition) is 1. The molecule has 0 aliphatic heterocycles. The molecular formula is C20H20N2O2S. The summed E-state index contributed by atoms with van der Waals surface area (Å²) >= 11 is 5.64. The third kappa shape index (κ3) is 4.84. The number of thiocarbonyl (C=S) groups is 1. The fourth-order valence-corrected chi connectivity index (χ4v) is 2.74. The molecule has 0 fully saturated rings. The zero-order chi connectivity index (χ0) is 17.5. The van der Waals surface area contributed by atoms with Crippen molar-refractivity contribution in [3.05, 3.63) is 84.3 Å². The van der Waals surface area contributed by atoms with E-state index >= 15 is 0 Å². The Morgan fingerprint density at radius 2 is 1.88 bits per heavy atom. The molecule has 0 atom stereocenters. The van der Waals surface area contributed by atoms with Crippen LogP contribution in [0.5, 0.6) is 5.75 Å². The second-order valence-electron chi connectivity index (χ2n) is 5.58. The summed E-state index contributed by atoms with van der Waals surface area (Å²) in [5, 5.41) is 3.92. The molecule has 0 saturated heterocycles. The van der Waals surface area contributed by atoms with E-state index in [2.05, 4.69) is 22.3 Å². The lowest BCUT2D eigenvalue weighted by molar-refractivity contribution is 0.360. The summed E-state index contributed by atoms with van der Waals surface area (Å²) in [4.78, 5) is 2.07. The zero-order valence-corrected chi connectivity index (χ0v) is 14.8. The van der Waals surface area contributed by atoms with Crippen LogP contribution < -0.4 is 10.1 Å². The lowest BCUT2D eigenvalue weighted by atomic mass is 10.2. The van der Waals surface area contributed by atoms with Gasteiger partial charge < -0.3 is 19.4 Å². The Morgan fingerprint density at radius 3 is 2.60 bits per heavy atom. The number of hydrogen-bond acceptors (Lipinski definition) is 3. The van der Waals surface area contributed by atoms with E-state index in [-0.39, 0.29) is 0 Å². The molecule has 0 aliphatic carbocycles. The minimum absolute atomic E-state index is 0.595. The minimum Gasteiger partial charge on any atom is -0.497 e. The molecule has 25 heavy (non-hydrogen) atoms. The molecule has 5 heteroatoms. The largest absolute Gasteiger partial charge is 0.497 e. The predicted octanol–water partition coefficient (Wildman–Crippen LogP) is 4.69. The van der Waals surface area contributed by atoms with Gasteiger partial charge in [-0.3, -0.25) is 0 Å². The van der Waals surface area contributed by atoms with Crippen molar-refractivity contribution >= 4 is 23.0 Å². The first-order chi connectivity index (χ1) is 12.2. The van der Waals surface area contributed by atoms with Crippen molar-refractivity contribution in [3.8, 4) is 5.75 Å². The molecular weight excluding hydrogens is 332 g/mol. The monoisotopic (exact) mass is 352 g/mol. The SMILES string of the molecule is COc1cccc(NC(=S)N(Cc2ccccc2)Cc2ccco2)c1.